The average Bonchev–Trinajstić information content (AvgIpc) is 3.35. The highest BCUT2D eigenvalue weighted by Crippen LogP contribution is 2.55. The van der Waals surface area contributed by atoms with Crippen molar-refractivity contribution in [2.45, 2.75) is 84.4 Å². The highest BCUT2D eigenvalue weighted by Gasteiger charge is 2.64. The molecule has 1 aromatic carbocycles. The Bertz CT molecular complexity index is 1110. The molecule has 0 spiro atoms. The van der Waals surface area contributed by atoms with Crippen molar-refractivity contribution in [1.29, 1.82) is 5.26 Å². The van der Waals surface area contributed by atoms with Crippen LogP contribution in [0.5, 0.6) is 5.75 Å². The Morgan fingerprint density at radius 2 is 1.92 bits per heavy atom. The van der Waals surface area contributed by atoms with E-state index in [1.54, 1.807) is 24.3 Å². The molecule has 2 aliphatic rings. The topological polar surface area (TPSA) is 100 Å². The van der Waals surface area contributed by atoms with Crippen LogP contribution in [0.1, 0.15) is 88.3 Å². The van der Waals surface area contributed by atoms with Gasteiger partial charge >= 0.3 is 0 Å². The first kappa shape index (κ1) is 26.5. The number of aromatic nitrogens is 2. The summed E-state index contributed by atoms with van der Waals surface area (Å²) >= 11 is 6.19. The second kappa shape index (κ2) is 10.4. The largest absolute Gasteiger partial charge is 0.489 e. The van der Waals surface area contributed by atoms with Crippen LogP contribution in [0.4, 0.5) is 0 Å². The first-order valence-corrected chi connectivity index (χ1v) is 13.3. The van der Waals surface area contributed by atoms with Crippen LogP contribution in [0.3, 0.4) is 0 Å². The zero-order valence-electron chi connectivity index (χ0n) is 21.6. The van der Waals surface area contributed by atoms with Crippen molar-refractivity contribution in [3.8, 4) is 11.8 Å². The third kappa shape index (κ3) is 5.12. The van der Waals surface area contributed by atoms with E-state index < -0.39 is 0 Å². The lowest BCUT2D eigenvalue weighted by Crippen LogP contribution is -2.74. The van der Waals surface area contributed by atoms with Crippen LogP contribution in [0, 0.1) is 28.1 Å². The number of hydrogen-bond donors (Lipinski definition) is 2. The van der Waals surface area contributed by atoms with Crippen LogP contribution in [-0.2, 0) is 0 Å². The molecule has 4 rings (SSSR count). The van der Waals surface area contributed by atoms with Crippen molar-refractivity contribution >= 4 is 17.5 Å². The molecule has 2 aliphatic carbocycles. The van der Waals surface area contributed by atoms with Gasteiger partial charge in [0.2, 0.25) is 0 Å². The molecule has 0 saturated heterocycles. The third-order valence-electron chi connectivity index (χ3n) is 8.23. The van der Waals surface area contributed by atoms with Crippen molar-refractivity contribution in [2.24, 2.45) is 16.7 Å². The number of nitrogens with one attached hydrogen (secondary N) is 1. The minimum Gasteiger partial charge on any atom is -0.489 e. The summed E-state index contributed by atoms with van der Waals surface area (Å²) in [5, 5.41) is 26.4. The molecule has 0 bridgehead atoms. The number of aliphatic hydroxyl groups excluding tert-OH is 1. The number of carbonyl (C=O) groups is 1. The standard InChI is InChI=1S/C28H37ClN4O3/c1-27(2)25(28(3,4)26(27)36-21-12-9-19(17-30)22(29)16-21)31-24(35)23-13-14-33(32-23)20-10-7-18(8-11-20)6-5-15-34/h9,12-14,16,18,20,25-26,34H,5-8,10-11,15H2,1-4H3,(H,31,35)/t18?,20?,25-,26-. The summed E-state index contributed by atoms with van der Waals surface area (Å²) in [4.78, 5) is 13.2. The van der Waals surface area contributed by atoms with Crippen molar-refractivity contribution in [2.75, 3.05) is 6.61 Å². The molecule has 1 aromatic heterocycles. The van der Waals surface area contributed by atoms with Crippen LogP contribution < -0.4 is 10.1 Å². The fraction of sp³-hybridized carbons (Fsp3) is 0.607. The lowest BCUT2D eigenvalue weighted by Gasteiger charge is -2.63. The van der Waals surface area contributed by atoms with Gasteiger partial charge in [-0.1, -0.05) is 39.3 Å². The number of halogens is 1. The van der Waals surface area contributed by atoms with E-state index in [1.165, 1.54) is 0 Å². The monoisotopic (exact) mass is 512 g/mol. The Hall–Kier alpha value is -2.56. The fourth-order valence-corrected chi connectivity index (χ4v) is 6.75. The molecular formula is C28H37ClN4O3. The van der Waals surface area contributed by atoms with E-state index in [4.69, 9.17) is 26.7 Å². The average molecular weight is 513 g/mol. The van der Waals surface area contributed by atoms with Crippen molar-refractivity contribution in [3.63, 3.8) is 0 Å². The quantitative estimate of drug-likeness (QED) is 0.484. The number of amides is 1. The number of carbonyl (C=O) groups excluding carboxylic acids is 1. The lowest BCUT2D eigenvalue weighted by atomic mass is 9.49. The predicted molar refractivity (Wildman–Crippen MR) is 139 cm³/mol. The molecule has 0 radical (unpaired) electrons. The van der Waals surface area contributed by atoms with Crippen molar-refractivity contribution in [1.82, 2.24) is 15.1 Å². The van der Waals surface area contributed by atoms with Gasteiger partial charge in [-0.3, -0.25) is 9.48 Å². The van der Waals surface area contributed by atoms with Crippen LogP contribution in [0.15, 0.2) is 30.5 Å². The molecule has 0 unspecified atom stereocenters. The van der Waals surface area contributed by atoms with Gasteiger partial charge in [0.05, 0.1) is 16.6 Å². The molecule has 1 amide bonds. The van der Waals surface area contributed by atoms with Crippen molar-refractivity contribution in [3.05, 3.63) is 46.7 Å². The van der Waals surface area contributed by atoms with E-state index in [0.29, 0.717) is 34.0 Å². The maximum Gasteiger partial charge on any atom is 0.272 e. The van der Waals surface area contributed by atoms with Gasteiger partial charge in [-0.05, 0) is 62.6 Å². The van der Waals surface area contributed by atoms with Crippen LogP contribution in [0.25, 0.3) is 0 Å². The van der Waals surface area contributed by atoms with E-state index in [2.05, 4.69) is 44.2 Å². The van der Waals surface area contributed by atoms with E-state index >= 15 is 0 Å². The molecule has 1 heterocycles. The van der Waals surface area contributed by atoms with Crippen LogP contribution in [0.2, 0.25) is 5.02 Å². The van der Waals surface area contributed by atoms with Crippen molar-refractivity contribution < 1.29 is 14.6 Å². The van der Waals surface area contributed by atoms with E-state index in [9.17, 15) is 4.79 Å². The first-order valence-electron chi connectivity index (χ1n) is 12.9. The Morgan fingerprint density at radius 1 is 1.22 bits per heavy atom. The Morgan fingerprint density at radius 3 is 2.53 bits per heavy atom. The van der Waals surface area contributed by atoms with E-state index in [1.807, 2.05) is 10.9 Å². The molecular weight excluding hydrogens is 476 g/mol. The lowest BCUT2D eigenvalue weighted by molar-refractivity contribution is -0.164. The Labute approximate surface area is 218 Å². The zero-order chi connectivity index (χ0) is 26.1. The summed E-state index contributed by atoms with van der Waals surface area (Å²) in [6.45, 7) is 8.63. The third-order valence-corrected chi connectivity index (χ3v) is 8.54. The number of aliphatic hydroxyl groups is 1. The van der Waals surface area contributed by atoms with Crippen LogP contribution in [-0.4, -0.2) is 39.5 Å². The van der Waals surface area contributed by atoms with Gasteiger partial charge in [0.15, 0.2) is 0 Å². The number of hydrogen-bond acceptors (Lipinski definition) is 5. The number of nitriles is 1. The fourth-order valence-electron chi connectivity index (χ4n) is 6.54. The minimum atomic E-state index is -0.324. The van der Waals surface area contributed by atoms with Gasteiger partial charge in [0.1, 0.15) is 23.6 Å². The second-order valence-electron chi connectivity index (χ2n) is 11.5. The highest BCUT2D eigenvalue weighted by molar-refractivity contribution is 6.31. The molecule has 0 aliphatic heterocycles. The maximum atomic E-state index is 13.2. The molecule has 8 heteroatoms. The number of nitrogens with zero attached hydrogens (tertiary/aromatic N) is 3. The molecule has 0 atom stereocenters. The summed E-state index contributed by atoms with van der Waals surface area (Å²) in [5.41, 5.74) is 0.201. The summed E-state index contributed by atoms with van der Waals surface area (Å²) in [6.07, 6.45) is 8.13. The van der Waals surface area contributed by atoms with Gasteiger partial charge in [-0.2, -0.15) is 10.4 Å². The summed E-state index contributed by atoms with van der Waals surface area (Å²) < 4.78 is 8.27. The first-order chi connectivity index (χ1) is 17.1. The zero-order valence-corrected chi connectivity index (χ0v) is 22.4. The van der Waals surface area contributed by atoms with Crippen LogP contribution >= 0.6 is 11.6 Å². The maximum absolute atomic E-state index is 13.2. The van der Waals surface area contributed by atoms with Gasteiger partial charge in [-0.25, -0.2) is 0 Å². The molecule has 2 fully saturated rings. The Kier molecular flexibility index (Phi) is 7.68. The van der Waals surface area contributed by atoms with Gasteiger partial charge in [0.25, 0.3) is 5.91 Å². The van der Waals surface area contributed by atoms with E-state index in [-0.39, 0.29) is 35.5 Å². The van der Waals surface area contributed by atoms with Gasteiger partial charge < -0.3 is 15.2 Å². The minimum absolute atomic E-state index is 0.108. The van der Waals surface area contributed by atoms with Gasteiger partial charge in [0, 0.05) is 35.7 Å². The molecule has 194 valence electrons. The smallest absolute Gasteiger partial charge is 0.272 e. The summed E-state index contributed by atoms with van der Waals surface area (Å²) in [6, 6.07) is 9.17. The van der Waals surface area contributed by atoms with E-state index in [0.717, 1.165) is 38.5 Å². The molecule has 2 saturated carbocycles. The normalized spacial score (nSPS) is 26.5. The SMILES string of the molecule is CC1(C)[C@H](NC(=O)c2ccn(C3CCC(CCCO)CC3)n2)C(C)(C)[C@H]1Oc1ccc(C#N)c(Cl)c1. The van der Waals surface area contributed by atoms with Gasteiger partial charge in [-0.15, -0.1) is 0 Å². The summed E-state index contributed by atoms with van der Waals surface area (Å²) in [5.74, 6) is 1.13. The predicted octanol–water partition coefficient (Wildman–Crippen LogP) is 5.52. The Balaban J connectivity index is 1.37. The molecule has 2 aromatic rings. The second-order valence-corrected chi connectivity index (χ2v) is 11.9. The number of rotatable bonds is 8. The molecule has 2 N–H and O–H groups in total. The number of ether oxygens (including phenoxy) is 1. The molecule has 36 heavy (non-hydrogen) atoms. The molecule has 7 nitrogen and oxygen atoms in total. The summed E-state index contributed by atoms with van der Waals surface area (Å²) in [7, 11) is 0. The highest BCUT2D eigenvalue weighted by atomic mass is 35.5. The number of benzene rings is 1.